The lowest BCUT2D eigenvalue weighted by Crippen LogP contribution is -2.49. The number of nitrogens with one attached hydrogen (secondary N) is 6. The predicted molar refractivity (Wildman–Crippen MR) is 228 cm³/mol. The van der Waals surface area contributed by atoms with Crippen LogP contribution in [0, 0.1) is 47.3 Å². The average Bonchev–Trinajstić information content (AvgIpc) is 4.06. The third-order valence-electron chi connectivity index (χ3n) is 13.2. The fraction of sp³-hybridized carbons (Fsp3) is 0.717. The lowest BCUT2D eigenvalue weighted by Gasteiger charge is -2.25. The molecule has 0 bridgehead atoms. The summed E-state index contributed by atoms with van der Waals surface area (Å²) >= 11 is 0. The van der Waals surface area contributed by atoms with Gasteiger partial charge in [-0.3, -0.25) is 24.0 Å². The highest BCUT2D eigenvalue weighted by Gasteiger charge is 2.39. The minimum Gasteiger partial charge on any atom is -0.459 e. The zero-order chi connectivity index (χ0) is 44.1. The summed E-state index contributed by atoms with van der Waals surface area (Å²) in [6.45, 7) is 10.3. The third kappa shape index (κ3) is 14.2. The molecule has 4 fully saturated rings. The SMILES string of the molecule is C[C@@H](NC(=O)[C@@H]1CCC[C@H]1CNC(=O)[C@@H]1CCC[C@H]1CNC(=O)OC(C)(C)C)C(=O)NC[C@@H]1CCC[C@H]1C(=O)NC[C@@H]1CCC[C@H]1C(=O)N[C@H](C)C(=O)OCc1ccccc1. The van der Waals surface area contributed by atoms with Gasteiger partial charge in [0.15, 0.2) is 0 Å². The molecule has 10 atom stereocenters. The molecule has 15 nitrogen and oxygen atoms in total. The molecule has 1 aromatic carbocycles. The van der Waals surface area contributed by atoms with Crippen molar-refractivity contribution in [2.45, 2.75) is 136 Å². The molecule has 5 rings (SSSR count). The largest absolute Gasteiger partial charge is 0.459 e. The molecule has 0 heterocycles. The maximum absolute atomic E-state index is 13.4. The van der Waals surface area contributed by atoms with E-state index in [1.807, 2.05) is 30.3 Å². The molecule has 0 saturated heterocycles. The molecule has 6 amide bonds. The smallest absolute Gasteiger partial charge is 0.407 e. The number of hydrogen-bond acceptors (Lipinski definition) is 9. The van der Waals surface area contributed by atoms with E-state index in [0.29, 0.717) is 45.4 Å². The Morgan fingerprint density at radius 2 is 0.967 bits per heavy atom. The lowest BCUT2D eigenvalue weighted by molar-refractivity contribution is -0.149. The molecule has 4 saturated carbocycles. The molecule has 338 valence electrons. The van der Waals surface area contributed by atoms with Crippen molar-refractivity contribution in [1.29, 1.82) is 0 Å². The van der Waals surface area contributed by atoms with Crippen LogP contribution in [0.15, 0.2) is 30.3 Å². The van der Waals surface area contributed by atoms with Gasteiger partial charge in [0.25, 0.3) is 0 Å². The van der Waals surface area contributed by atoms with E-state index in [4.69, 9.17) is 9.47 Å². The number of esters is 1. The van der Waals surface area contributed by atoms with Crippen molar-refractivity contribution in [3.63, 3.8) is 0 Å². The van der Waals surface area contributed by atoms with E-state index in [0.717, 1.165) is 63.4 Å². The van der Waals surface area contributed by atoms with Crippen LogP contribution >= 0.6 is 0 Å². The van der Waals surface area contributed by atoms with Gasteiger partial charge < -0.3 is 41.4 Å². The quantitative estimate of drug-likeness (QED) is 0.116. The first-order chi connectivity index (χ1) is 29.1. The average molecular weight is 851 g/mol. The van der Waals surface area contributed by atoms with E-state index < -0.39 is 29.7 Å². The molecule has 4 aliphatic rings. The molecule has 6 N–H and O–H groups in total. The standard InChI is InChI=1S/C46H70N6O9/c1-28(51-42(56)37-21-11-16-32(37)24-49-41(55)36-20-10-18-34(36)26-50-45(59)61-46(3,4)5)39(53)47-23-31-15-9-19-35(31)40(54)48-25-33-17-12-22-38(33)43(57)52-29(2)44(58)60-27-30-13-7-6-8-14-30/h6-8,13-14,28-29,31-38H,9-12,15-27H2,1-5H3,(H,47,53)(H,48,54)(H,49,55)(H,50,59)(H,51,56)(H,52,57)/t28-,29-,31+,32+,33+,34+,35-,36-,37-,38-/m1/s1. The van der Waals surface area contributed by atoms with E-state index in [9.17, 15) is 33.6 Å². The minimum atomic E-state index is -0.796. The molecule has 61 heavy (non-hydrogen) atoms. The molecule has 4 aliphatic carbocycles. The summed E-state index contributed by atoms with van der Waals surface area (Å²) in [6.07, 6.45) is 9.05. The molecule has 0 aromatic heterocycles. The molecule has 0 unspecified atom stereocenters. The van der Waals surface area contributed by atoms with Gasteiger partial charge in [0, 0.05) is 49.9 Å². The lowest BCUT2D eigenvalue weighted by atomic mass is 9.92. The van der Waals surface area contributed by atoms with Gasteiger partial charge >= 0.3 is 12.1 Å². The Labute approximate surface area is 361 Å². The first-order valence-corrected chi connectivity index (χ1v) is 22.7. The van der Waals surface area contributed by atoms with Crippen LogP contribution in [0.4, 0.5) is 4.79 Å². The second-order valence-corrected chi connectivity index (χ2v) is 18.9. The van der Waals surface area contributed by atoms with E-state index in [2.05, 4.69) is 31.9 Å². The van der Waals surface area contributed by atoms with Crippen LogP contribution in [0.3, 0.4) is 0 Å². The number of hydrogen-bond donors (Lipinski definition) is 6. The molecule has 0 spiro atoms. The Morgan fingerprint density at radius 1 is 0.557 bits per heavy atom. The topological polar surface area (TPSA) is 210 Å². The van der Waals surface area contributed by atoms with Crippen LogP contribution in [0.25, 0.3) is 0 Å². The van der Waals surface area contributed by atoms with Gasteiger partial charge in [-0.1, -0.05) is 56.0 Å². The van der Waals surface area contributed by atoms with Crippen molar-refractivity contribution in [1.82, 2.24) is 31.9 Å². The molecule has 1 aromatic rings. The highest BCUT2D eigenvalue weighted by atomic mass is 16.6. The summed E-state index contributed by atoms with van der Waals surface area (Å²) < 4.78 is 10.7. The van der Waals surface area contributed by atoms with Gasteiger partial charge in [-0.2, -0.15) is 0 Å². The van der Waals surface area contributed by atoms with Crippen LogP contribution in [0.2, 0.25) is 0 Å². The fourth-order valence-electron chi connectivity index (χ4n) is 9.76. The van der Waals surface area contributed by atoms with Gasteiger partial charge in [0.05, 0.1) is 0 Å². The van der Waals surface area contributed by atoms with E-state index in [1.54, 1.807) is 34.6 Å². The summed E-state index contributed by atoms with van der Waals surface area (Å²) in [6, 6.07) is 7.78. The second kappa shape index (κ2) is 22.4. The fourth-order valence-corrected chi connectivity index (χ4v) is 9.76. The highest BCUT2D eigenvalue weighted by Crippen LogP contribution is 2.35. The van der Waals surface area contributed by atoms with Crippen molar-refractivity contribution in [2.24, 2.45) is 47.3 Å². The van der Waals surface area contributed by atoms with Crippen molar-refractivity contribution in [3.05, 3.63) is 35.9 Å². The van der Waals surface area contributed by atoms with Crippen LogP contribution in [-0.2, 0) is 44.8 Å². The molecule has 0 aliphatic heterocycles. The van der Waals surface area contributed by atoms with Crippen LogP contribution in [-0.4, -0.2) is 85.5 Å². The molecular weight excluding hydrogens is 781 g/mol. The first kappa shape index (κ1) is 47.4. The number of amides is 6. The minimum absolute atomic E-state index is 0.0224. The molecular formula is C46H70N6O9. The zero-order valence-electron chi connectivity index (χ0n) is 36.9. The first-order valence-electron chi connectivity index (χ1n) is 22.7. The Bertz CT molecular complexity index is 1680. The van der Waals surface area contributed by atoms with Crippen molar-refractivity contribution in [2.75, 3.05) is 26.2 Å². The van der Waals surface area contributed by atoms with Gasteiger partial charge in [-0.15, -0.1) is 0 Å². The third-order valence-corrected chi connectivity index (χ3v) is 13.2. The number of carbonyl (C=O) groups is 7. The number of carbonyl (C=O) groups excluding carboxylic acids is 7. The summed E-state index contributed by atoms with van der Waals surface area (Å²) in [5.41, 5.74) is 0.265. The zero-order valence-corrected chi connectivity index (χ0v) is 36.9. The van der Waals surface area contributed by atoms with Gasteiger partial charge in [-0.05, 0) is 115 Å². The van der Waals surface area contributed by atoms with Crippen molar-refractivity contribution >= 4 is 41.6 Å². The Morgan fingerprint density at radius 3 is 1.43 bits per heavy atom. The predicted octanol–water partition coefficient (Wildman–Crippen LogP) is 4.28. The van der Waals surface area contributed by atoms with Gasteiger partial charge in [-0.25, -0.2) is 9.59 Å². The Hall–Kier alpha value is -4.69. The van der Waals surface area contributed by atoms with Crippen LogP contribution in [0.5, 0.6) is 0 Å². The maximum Gasteiger partial charge on any atom is 0.407 e. The normalized spacial score (nSPS) is 27.0. The van der Waals surface area contributed by atoms with Gasteiger partial charge in [0.1, 0.15) is 24.3 Å². The maximum atomic E-state index is 13.4. The number of ether oxygens (including phenoxy) is 2. The molecule has 15 heteroatoms. The van der Waals surface area contributed by atoms with Crippen molar-refractivity contribution in [3.8, 4) is 0 Å². The summed E-state index contributed by atoms with van der Waals surface area (Å²) in [4.78, 5) is 91.2. The van der Waals surface area contributed by atoms with Crippen molar-refractivity contribution < 1.29 is 43.0 Å². The van der Waals surface area contributed by atoms with Crippen LogP contribution in [0.1, 0.15) is 117 Å². The van der Waals surface area contributed by atoms with E-state index >= 15 is 0 Å². The summed E-state index contributed by atoms with van der Waals surface area (Å²) in [5, 5.41) is 17.7. The summed E-state index contributed by atoms with van der Waals surface area (Å²) in [5.74, 6) is -2.58. The monoisotopic (exact) mass is 851 g/mol. The number of rotatable bonds is 18. The van der Waals surface area contributed by atoms with Gasteiger partial charge in [0.2, 0.25) is 29.5 Å². The number of benzene rings is 1. The molecule has 0 radical (unpaired) electrons. The highest BCUT2D eigenvalue weighted by molar-refractivity contribution is 5.89. The van der Waals surface area contributed by atoms with Crippen LogP contribution < -0.4 is 31.9 Å². The van der Waals surface area contributed by atoms with E-state index in [-0.39, 0.29) is 83.5 Å². The Kier molecular flexibility index (Phi) is 17.4. The number of alkyl carbamates (subject to hydrolysis) is 1. The summed E-state index contributed by atoms with van der Waals surface area (Å²) in [7, 11) is 0. The second-order valence-electron chi connectivity index (χ2n) is 18.9. The Balaban J connectivity index is 0.996. The van der Waals surface area contributed by atoms with E-state index in [1.165, 1.54) is 0 Å².